The molecule has 0 aromatic heterocycles. The summed E-state index contributed by atoms with van der Waals surface area (Å²) in [5.41, 5.74) is 4.57. The zero-order valence-corrected chi connectivity index (χ0v) is 6.41. The van der Waals surface area contributed by atoms with E-state index in [2.05, 4.69) is 5.73 Å². The molecule has 0 rings (SSSR count). The van der Waals surface area contributed by atoms with Gasteiger partial charge in [-0.25, -0.2) is 0 Å². The van der Waals surface area contributed by atoms with Crippen LogP contribution in [0.5, 0.6) is 0 Å². The molecule has 5 nitrogen and oxygen atoms in total. The van der Waals surface area contributed by atoms with Crippen molar-refractivity contribution in [2.24, 2.45) is 5.73 Å². The second-order valence-corrected chi connectivity index (χ2v) is 1.74. The van der Waals surface area contributed by atoms with Gasteiger partial charge in [0.05, 0.1) is 6.54 Å². The molecule has 0 amide bonds. The fraction of sp³-hybridized carbons (Fsp3) is 0.667. The normalized spacial score (nSPS) is 7.82. The Kier molecular flexibility index (Phi) is 10.2. The SMILES string of the molecule is CCCC(=O)O.NCC(=O)O. The largest absolute Gasteiger partial charge is 0.481 e. The molecule has 0 aliphatic rings. The summed E-state index contributed by atoms with van der Waals surface area (Å²) < 4.78 is 0. The van der Waals surface area contributed by atoms with Crippen molar-refractivity contribution in [3.63, 3.8) is 0 Å². The highest BCUT2D eigenvalue weighted by molar-refractivity contribution is 5.68. The summed E-state index contributed by atoms with van der Waals surface area (Å²) in [5, 5.41) is 15.5. The van der Waals surface area contributed by atoms with Crippen molar-refractivity contribution < 1.29 is 19.8 Å². The lowest BCUT2D eigenvalue weighted by Gasteiger charge is -1.79. The van der Waals surface area contributed by atoms with E-state index in [1.807, 2.05) is 6.92 Å². The second kappa shape index (κ2) is 8.90. The molecule has 11 heavy (non-hydrogen) atoms. The maximum atomic E-state index is 9.60. The number of carbonyl (C=O) groups is 2. The molecule has 0 unspecified atom stereocenters. The fourth-order valence-electron chi connectivity index (χ4n) is 0.214. The van der Waals surface area contributed by atoms with E-state index in [9.17, 15) is 9.59 Å². The van der Waals surface area contributed by atoms with Crippen molar-refractivity contribution in [1.29, 1.82) is 0 Å². The lowest BCUT2D eigenvalue weighted by molar-refractivity contribution is -0.137. The molecule has 5 heteroatoms. The number of carboxylic acids is 2. The molecular weight excluding hydrogens is 150 g/mol. The predicted molar refractivity (Wildman–Crippen MR) is 39.2 cm³/mol. The van der Waals surface area contributed by atoms with Gasteiger partial charge in [0.2, 0.25) is 0 Å². The second-order valence-electron chi connectivity index (χ2n) is 1.74. The first-order chi connectivity index (χ1) is 5.04. The van der Waals surface area contributed by atoms with E-state index in [1.54, 1.807) is 0 Å². The van der Waals surface area contributed by atoms with E-state index in [1.165, 1.54) is 0 Å². The summed E-state index contributed by atoms with van der Waals surface area (Å²) in [6.45, 7) is 1.56. The summed E-state index contributed by atoms with van der Waals surface area (Å²) in [4.78, 5) is 18.8. The van der Waals surface area contributed by atoms with E-state index >= 15 is 0 Å². The number of aliphatic carboxylic acids is 2. The maximum absolute atomic E-state index is 9.60. The van der Waals surface area contributed by atoms with Crippen molar-refractivity contribution in [1.82, 2.24) is 0 Å². The van der Waals surface area contributed by atoms with Gasteiger partial charge >= 0.3 is 11.9 Å². The standard InChI is InChI=1S/C4H8O2.C2H5NO2/c1-2-3-4(5)6;3-1-2(4)5/h2-3H2,1H3,(H,5,6);1,3H2,(H,4,5). The van der Waals surface area contributed by atoms with Crippen LogP contribution in [0, 0.1) is 0 Å². The van der Waals surface area contributed by atoms with Crippen LogP contribution >= 0.6 is 0 Å². The molecule has 0 atom stereocenters. The summed E-state index contributed by atoms with van der Waals surface area (Å²) in [6, 6.07) is 0. The molecule has 0 saturated heterocycles. The van der Waals surface area contributed by atoms with Gasteiger partial charge in [-0.05, 0) is 6.42 Å². The van der Waals surface area contributed by atoms with Gasteiger partial charge in [0.1, 0.15) is 0 Å². The van der Waals surface area contributed by atoms with E-state index in [4.69, 9.17) is 10.2 Å². The molecule has 0 heterocycles. The molecule has 0 fully saturated rings. The lowest BCUT2D eigenvalue weighted by Crippen LogP contribution is -2.10. The Balaban J connectivity index is 0. The monoisotopic (exact) mass is 163 g/mol. The molecular formula is C6H13NO4. The van der Waals surface area contributed by atoms with Crippen LogP contribution < -0.4 is 5.73 Å². The molecule has 0 aliphatic carbocycles. The van der Waals surface area contributed by atoms with Gasteiger partial charge < -0.3 is 15.9 Å². The van der Waals surface area contributed by atoms with Crippen molar-refractivity contribution in [3.8, 4) is 0 Å². The highest BCUT2D eigenvalue weighted by Crippen LogP contribution is 1.82. The minimum Gasteiger partial charge on any atom is -0.481 e. The van der Waals surface area contributed by atoms with Crippen LogP contribution in [-0.4, -0.2) is 28.7 Å². The average Bonchev–Trinajstić information content (AvgIpc) is 1.89. The Bertz CT molecular complexity index is 124. The molecule has 0 aromatic carbocycles. The highest BCUT2D eigenvalue weighted by Gasteiger charge is 1.87. The fourth-order valence-corrected chi connectivity index (χ4v) is 0.214. The van der Waals surface area contributed by atoms with Gasteiger partial charge in [-0.15, -0.1) is 0 Å². The van der Waals surface area contributed by atoms with E-state index in [-0.39, 0.29) is 6.54 Å². The number of carboxylic acid groups (broad SMARTS) is 2. The topological polar surface area (TPSA) is 101 Å². The summed E-state index contributed by atoms with van der Waals surface area (Å²) in [7, 11) is 0. The molecule has 0 saturated carbocycles. The van der Waals surface area contributed by atoms with Crippen molar-refractivity contribution in [3.05, 3.63) is 0 Å². The first kappa shape index (κ1) is 12.6. The van der Waals surface area contributed by atoms with Crippen LogP contribution in [0.4, 0.5) is 0 Å². The van der Waals surface area contributed by atoms with Crippen LogP contribution in [0.25, 0.3) is 0 Å². The first-order valence-corrected chi connectivity index (χ1v) is 3.18. The van der Waals surface area contributed by atoms with Crippen LogP contribution in [-0.2, 0) is 9.59 Å². The Morgan fingerprint density at radius 2 is 1.64 bits per heavy atom. The molecule has 4 N–H and O–H groups in total. The van der Waals surface area contributed by atoms with Crippen LogP contribution in [0.2, 0.25) is 0 Å². The summed E-state index contributed by atoms with van der Waals surface area (Å²) >= 11 is 0. The molecule has 0 bridgehead atoms. The minimum absolute atomic E-state index is 0.278. The summed E-state index contributed by atoms with van der Waals surface area (Å²) in [5.74, 6) is -1.68. The first-order valence-electron chi connectivity index (χ1n) is 3.18. The molecule has 0 spiro atoms. The third-order valence-corrected chi connectivity index (χ3v) is 0.638. The van der Waals surface area contributed by atoms with Crippen LogP contribution in [0.3, 0.4) is 0 Å². The van der Waals surface area contributed by atoms with E-state index < -0.39 is 11.9 Å². The number of hydrogen-bond acceptors (Lipinski definition) is 3. The molecule has 66 valence electrons. The van der Waals surface area contributed by atoms with Gasteiger partial charge in [0.15, 0.2) is 0 Å². The van der Waals surface area contributed by atoms with Crippen molar-refractivity contribution >= 4 is 11.9 Å². The van der Waals surface area contributed by atoms with Crippen molar-refractivity contribution in [2.75, 3.05) is 6.54 Å². The predicted octanol–water partition coefficient (Wildman–Crippen LogP) is -0.0992. The zero-order chi connectivity index (χ0) is 9.28. The van der Waals surface area contributed by atoms with Crippen molar-refractivity contribution in [2.45, 2.75) is 19.8 Å². The lowest BCUT2D eigenvalue weighted by atomic mass is 10.4. The van der Waals surface area contributed by atoms with Crippen LogP contribution in [0.15, 0.2) is 0 Å². The van der Waals surface area contributed by atoms with Crippen LogP contribution in [0.1, 0.15) is 19.8 Å². The average molecular weight is 163 g/mol. The third-order valence-electron chi connectivity index (χ3n) is 0.638. The minimum atomic E-state index is -0.968. The van der Waals surface area contributed by atoms with Gasteiger partial charge in [0.25, 0.3) is 0 Å². The smallest absolute Gasteiger partial charge is 0.317 e. The molecule has 0 aromatic rings. The Morgan fingerprint density at radius 1 is 1.27 bits per heavy atom. The Labute approximate surface area is 64.8 Å². The number of rotatable bonds is 3. The number of nitrogens with two attached hydrogens (primary N) is 1. The third kappa shape index (κ3) is 27.9. The van der Waals surface area contributed by atoms with Gasteiger partial charge in [-0.3, -0.25) is 9.59 Å². The molecule has 0 aliphatic heterocycles. The summed E-state index contributed by atoms with van der Waals surface area (Å²) in [6.07, 6.45) is 1.02. The molecule has 0 radical (unpaired) electrons. The van der Waals surface area contributed by atoms with Gasteiger partial charge in [-0.1, -0.05) is 6.92 Å². The van der Waals surface area contributed by atoms with Gasteiger partial charge in [-0.2, -0.15) is 0 Å². The van der Waals surface area contributed by atoms with Gasteiger partial charge in [0, 0.05) is 6.42 Å². The maximum Gasteiger partial charge on any atom is 0.317 e. The Morgan fingerprint density at radius 3 is 1.64 bits per heavy atom. The Hall–Kier alpha value is -1.10. The van der Waals surface area contributed by atoms with E-state index in [0.29, 0.717) is 6.42 Å². The van der Waals surface area contributed by atoms with E-state index in [0.717, 1.165) is 6.42 Å². The zero-order valence-electron chi connectivity index (χ0n) is 6.41. The quantitative estimate of drug-likeness (QED) is 0.539. The highest BCUT2D eigenvalue weighted by atomic mass is 16.4. The number of hydrogen-bond donors (Lipinski definition) is 3.